The number of halogens is 1. The quantitative estimate of drug-likeness (QED) is 0.144. The maximum atomic E-state index is 14.0. The number of carbonyl (C=O) groups is 1. The number of nitrogens with one attached hydrogen (secondary N) is 1. The van der Waals surface area contributed by atoms with Crippen molar-refractivity contribution in [3.05, 3.63) is 56.7 Å². The molecule has 3 rings (SSSR count). The average molecular weight is 593 g/mol. The topological polar surface area (TPSA) is 149 Å². The summed E-state index contributed by atoms with van der Waals surface area (Å²) in [5, 5.41) is 22.3. The van der Waals surface area contributed by atoms with Gasteiger partial charge in [-0.05, 0) is 49.8 Å². The number of aliphatic hydroxyl groups is 2. The number of aromatic amines is 1. The van der Waals surface area contributed by atoms with Gasteiger partial charge in [-0.2, -0.15) is 0 Å². The molecule has 2 aromatic rings. The molecule has 3 N–H and O–H groups in total. The molecule has 6 atom stereocenters. The highest BCUT2D eigenvalue weighted by molar-refractivity contribution is 7.71. The predicted octanol–water partition coefficient (Wildman–Crippen LogP) is 3.84. The van der Waals surface area contributed by atoms with E-state index in [0.717, 1.165) is 17.1 Å². The average Bonchev–Trinajstić information content (AvgIpc) is 3.09. The number of aliphatic hydroxyl groups excluding tert-OH is 1. The number of nitrogens with zero attached hydrogens (tertiary/aromatic N) is 1. The van der Waals surface area contributed by atoms with Crippen molar-refractivity contribution in [2.45, 2.75) is 57.6 Å². The smallest absolute Gasteiger partial charge is 0.380 e. The Balaban J connectivity index is 1.90. The van der Waals surface area contributed by atoms with E-state index < -0.39 is 61.8 Å². The molecule has 1 aromatic heterocycles. The van der Waals surface area contributed by atoms with Gasteiger partial charge in [-0.25, -0.2) is 4.57 Å². The fourth-order valence-corrected chi connectivity index (χ4v) is 5.70. The molecule has 11 nitrogen and oxygen atoms in total. The third-order valence-electron chi connectivity index (χ3n) is 5.77. The minimum atomic E-state index is -4.52. The van der Waals surface area contributed by atoms with Gasteiger partial charge in [0.25, 0.3) is 5.56 Å². The van der Waals surface area contributed by atoms with Gasteiger partial charge in [0, 0.05) is 17.3 Å². The van der Waals surface area contributed by atoms with Crippen molar-refractivity contribution < 1.29 is 40.8 Å². The minimum Gasteiger partial charge on any atom is -0.465 e. The molecular formula is C24H32ClN2O9PS. The van der Waals surface area contributed by atoms with Crippen LogP contribution in [0, 0.1) is 10.7 Å². The Morgan fingerprint density at radius 3 is 2.71 bits per heavy atom. The van der Waals surface area contributed by atoms with Crippen LogP contribution in [0.5, 0.6) is 5.75 Å². The number of esters is 1. The lowest BCUT2D eigenvalue weighted by atomic mass is 9.96. The van der Waals surface area contributed by atoms with E-state index in [1.807, 2.05) is 6.92 Å². The lowest BCUT2D eigenvalue weighted by Gasteiger charge is -2.28. The van der Waals surface area contributed by atoms with Crippen LogP contribution >= 0.6 is 31.4 Å². The molecule has 0 saturated carbocycles. The number of ether oxygens (including phenoxy) is 2. The number of hydrogen-bond donors (Lipinski definition) is 3. The van der Waals surface area contributed by atoms with Gasteiger partial charge in [-0.15, -0.1) is 0 Å². The first-order valence-electron chi connectivity index (χ1n) is 12.9. The Hall–Kier alpha value is -2.05. The number of unbranched alkanes of at least 4 members (excludes halogenated alkanes) is 1. The summed E-state index contributed by atoms with van der Waals surface area (Å²) in [6.45, 7) is 1.67. The molecule has 1 unspecified atom stereocenters. The Kier molecular flexibility index (Phi) is 9.32. The summed E-state index contributed by atoms with van der Waals surface area (Å²) < 4.78 is 54.0. The van der Waals surface area contributed by atoms with Crippen LogP contribution in [0.1, 0.15) is 42.6 Å². The molecule has 1 saturated heterocycles. The number of aromatic nitrogens is 2. The lowest BCUT2D eigenvalue weighted by Crippen LogP contribution is -2.44. The first-order valence-corrected chi connectivity index (χ1v) is 14.4. The Morgan fingerprint density at radius 1 is 1.39 bits per heavy atom. The van der Waals surface area contributed by atoms with E-state index in [0.29, 0.717) is 11.4 Å². The fourth-order valence-electron chi connectivity index (χ4n) is 3.61. The molecule has 14 heteroatoms. The zero-order valence-electron chi connectivity index (χ0n) is 23.0. The zero-order valence-corrected chi connectivity index (χ0v) is 23.5. The molecule has 0 radical (unpaired) electrons. The Bertz CT molecular complexity index is 1350. The van der Waals surface area contributed by atoms with E-state index >= 15 is 0 Å². The van der Waals surface area contributed by atoms with Gasteiger partial charge in [-0.1, -0.05) is 31.9 Å². The van der Waals surface area contributed by atoms with Crippen molar-refractivity contribution in [3.63, 3.8) is 0 Å². The monoisotopic (exact) mass is 592 g/mol. The number of benzene rings is 1. The van der Waals surface area contributed by atoms with E-state index in [1.54, 1.807) is 0 Å². The van der Waals surface area contributed by atoms with Crippen molar-refractivity contribution >= 4 is 37.4 Å². The van der Waals surface area contributed by atoms with Crippen LogP contribution in [0.15, 0.2) is 41.3 Å². The molecule has 0 aliphatic carbocycles. The second kappa shape index (κ2) is 12.9. The van der Waals surface area contributed by atoms with Gasteiger partial charge in [0.2, 0.25) is 0 Å². The molecule has 38 heavy (non-hydrogen) atoms. The lowest BCUT2D eigenvalue weighted by molar-refractivity contribution is -0.147. The molecule has 2 heterocycles. The highest BCUT2D eigenvalue weighted by Gasteiger charge is 2.53. The molecule has 1 aromatic carbocycles. The summed E-state index contributed by atoms with van der Waals surface area (Å²) in [6.07, 6.45) is -3.22. The van der Waals surface area contributed by atoms with Crippen molar-refractivity contribution in [1.82, 2.24) is 9.55 Å². The number of hydrogen-bond acceptors (Lipinski definition) is 10. The standard InChI is InChI=1S/C24H32ClN2O9PS/c1-4-5-12-33-21(30)15(2)14-37(32,36-17-8-6-16(25)7-9-17)34-13-18-20(29)24(3,31)22(35-18)27-11-10-19(28)26-23(27)38/h6-11,15,18,20,22,29,31H,4-5,12-14H2,1-3H3,(H,26,28,38)/t15-,18-,20+,22-,24?,37+/m1/s1/i13D2. The van der Waals surface area contributed by atoms with E-state index in [2.05, 4.69) is 4.98 Å². The summed E-state index contributed by atoms with van der Waals surface area (Å²) in [5.41, 5.74) is -2.65. The van der Waals surface area contributed by atoms with Crippen LogP contribution in [0.25, 0.3) is 0 Å². The van der Waals surface area contributed by atoms with Gasteiger partial charge < -0.3 is 24.2 Å². The van der Waals surface area contributed by atoms with E-state index in [4.69, 9.17) is 45.1 Å². The van der Waals surface area contributed by atoms with E-state index in [9.17, 15) is 24.4 Å². The molecule has 210 valence electrons. The van der Waals surface area contributed by atoms with Gasteiger partial charge in [-0.3, -0.25) is 23.7 Å². The summed E-state index contributed by atoms with van der Waals surface area (Å²) >= 11 is 11.0. The van der Waals surface area contributed by atoms with Crippen molar-refractivity contribution in [2.75, 3.05) is 19.3 Å². The van der Waals surface area contributed by atoms with Crippen LogP contribution in [-0.4, -0.2) is 62.9 Å². The molecular weight excluding hydrogens is 559 g/mol. The molecule has 0 bridgehead atoms. The predicted molar refractivity (Wildman–Crippen MR) is 142 cm³/mol. The van der Waals surface area contributed by atoms with Crippen LogP contribution < -0.4 is 10.1 Å². The van der Waals surface area contributed by atoms with E-state index in [1.165, 1.54) is 44.3 Å². The van der Waals surface area contributed by atoms with Crippen LogP contribution in [0.3, 0.4) is 0 Å². The zero-order chi connectivity index (χ0) is 29.9. The SMILES string of the molecule is [2H]C([2H])(O[P@@](=O)(C[C@@H](C)C(=O)OCCCC)Oc1ccc(Cl)cc1)[C@H]1O[C@@H](n2ccc(=O)[nH]c2=S)C(C)(O)[C@H]1O. The number of rotatable bonds is 12. The summed E-state index contributed by atoms with van der Waals surface area (Å²) in [7, 11) is -4.52. The van der Waals surface area contributed by atoms with Crippen molar-refractivity contribution in [3.8, 4) is 5.75 Å². The highest BCUT2D eigenvalue weighted by Crippen LogP contribution is 2.51. The minimum absolute atomic E-state index is 0.0207. The first-order chi connectivity index (χ1) is 18.6. The van der Waals surface area contributed by atoms with Gasteiger partial charge in [0.15, 0.2) is 11.0 Å². The first kappa shape index (κ1) is 27.5. The molecule has 0 amide bonds. The third-order valence-corrected chi connectivity index (χ3v) is 8.21. The second-order valence-corrected chi connectivity index (χ2v) is 11.8. The van der Waals surface area contributed by atoms with E-state index in [-0.39, 0.29) is 17.1 Å². The second-order valence-electron chi connectivity index (χ2n) is 9.07. The maximum absolute atomic E-state index is 14.0. The Morgan fingerprint density at radius 2 is 2.08 bits per heavy atom. The van der Waals surface area contributed by atoms with Crippen molar-refractivity contribution in [1.29, 1.82) is 0 Å². The molecule has 0 spiro atoms. The van der Waals surface area contributed by atoms with Crippen molar-refractivity contribution in [2.24, 2.45) is 5.92 Å². The van der Waals surface area contributed by atoms with Gasteiger partial charge in [0.05, 0.1) is 28.0 Å². The molecule has 1 aliphatic heterocycles. The van der Waals surface area contributed by atoms with Gasteiger partial charge in [0.1, 0.15) is 23.6 Å². The summed E-state index contributed by atoms with van der Waals surface area (Å²) in [5.74, 6) is -1.67. The number of carbonyl (C=O) groups excluding carboxylic acids is 1. The van der Waals surface area contributed by atoms with Crippen LogP contribution in [-0.2, 0) is 23.4 Å². The number of H-pyrrole nitrogens is 1. The summed E-state index contributed by atoms with van der Waals surface area (Å²) in [6, 6.07) is 6.79. The normalized spacial score (nSPS) is 26.6. The summed E-state index contributed by atoms with van der Waals surface area (Å²) in [4.78, 5) is 26.4. The van der Waals surface area contributed by atoms with Gasteiger partial charge >= 0.3 is 13.6 Å². The fraction of sp³-hybridized carbons (Fsp3) is 0.542. The largest absolute Gasteiger partial charge is 0.465 e. The van der Waals surface area contributed by atoms with Crippen LogP contribution in [0.4, 0.5) is 0 Å². The van der Waals surface area contributed by atoms with Crippen LogP contribution in [0.2, 0.25) is 5.02 Å². The highest BCUT2D eigenvalue weighted by atomic mass is 35.5. The molecule has 1 fully saturated rings. The maximum Gasteiger partial charge on any atom is 0.380 e. The molecule has 1 aliphatic rings. The Labute approximate surface area is 233 Å². The third kappa shape index (κ3) is 7.53.